The maximum Gasteiger partial charge on any atom is 0.222 e. The molecule has 1 aromatic heterocycles. The lowest BCUT2D eigenvalue weighted by Gasteiger charge is -2.48. The first-order valence-electron chi connectivity index (χ1n) is 10.9. The molecule has 1 spiro atoms. The van der Waals surface area contributed by atoms with Gasteiger partial charge in [0.25, 0.3) is 0 Å². The number of nitrogens with one attached hydrogen (secondary N) is 1. The highest BCUT2D eigenvalue weighted by atomic mass is 16.2. The Balaban J connectivity index is 1.58. The van der Waals surface area contributed by atoms with Crippen molar-refractivity contribution < 1.29 is 9.59 Å². The fourth-order valence-corrected chi connectivity index (χ4v) is 4.64. The van der Waals surface area contributed by atoms with Crippen molar-refractivity contribution in [2.24, 2.45) is 11.3 Å². The second-order valence-corrected chi connectivity index (χ2v) is 9.34. The molecule has 0 unspecified atom stereocenters. The number of carbonyl (C=O) groups is 2. The Bertz CT molecular complexity index is 711. The Morgan fingerprint density at radius 3 is 2.71 bits per heavy atom. The molecule has 1 aromatic rings. The summed E-state index contributed by atoms with van der Waals surface area (Å²) in [4.78, 5) is 29.4. The third kappa shape index (κ3) is 4.76. The van der Waals surface area contributed by atoms with Gasteiger partial charge in [0.05, 0.1) is 5.69 Å². The number of H-pyrrole nitrogens is 1. The highest BCUT2D eigenvalue weighted by molar-refractivity contribution is 5.78. The topological polar surface area (TPSA) is 69.3 Å². The van der Waals surface area contributed by atoms with Crippen molar-refractivity contribution in [3.05, 3.63) is 17.0 Å². The number of carbonyl (C=O) groups excluding carboxylic acids is 2. The van der Waals surface area contributed by atoms with E-state index in [9.17, 15) is 9.59 Å². The predicted octanol–water partition coefficient (Wildman–Crippen LogP) is 3.24. The molecule has 3 heterocycles. The summed E-state index contributed by atoms with van der Waals surface area (Å²) in [6.45, 7) is 11.8. The zero-order chi connectivity index (χ0) is 20.3. The summed E-state index contributed by atoms with van der Waals surface area (Å²) >= 11 is 0. The predicted molar refractivity (Wildman–Crippen MR) is 110 cm³/mol. The van der Waals surface area contributed by atoms with Gasteiger partial charge < -0.3 is 9.80 Å². The van der Waals surface area contributed by atoms with Gasteiger partial charge in [-0.15, -0.1) is 0 Å². The average Bonchev–Trinajstić information content (AvgIpc) is 2.99. The van der Waals surface area contributed by atoms with Crippen LogP contribution in [-0.4, -0.2) is 58.0 Å². The van der Waals surface area contributed by atoms with Crippen LogP contribution in [0.15, 0.2) is 0 Å². The van der Waals surface area contributed by atoms with Crippen LogP contribution in [-0.2, 0) is 16.0 Å². The molecule has 1 N–H and O–H groups in total. The van der Waals surface area contributed by atoms with Crippen LogP contribution in [0.2, 0.25) is 0 Å². The summed E-state index contributed by atoms with van der Waals surface area (Å²) in [6, 6.07) is 0. The van der Waals surface area contributed by atoms with Crippen molar-refractivity contribution >= 4 is 11.8 Å². The van der Waals surface area contributed by atoms with Crippen molar-refractivity contribution in [2.75, 3.05) is 26.2 Å². The minimum Gasteiger partial charge on any atom is -0.342 e. The molecule has 0 saturated carbocycles. The summed E-state index contributed by atoms with van der Waals surface area (Å²) in [5, 5.41) is 7.33. The molecule has 1 atom stereocenters. The van der Waals surface area contributed by atoms with Gasteiger partial charge in [0, 0.05) is 56.6 Å². The number of hydrogen-bond acceptors (Lipinski definition) is 3. The lowest BCUT2D eigenvalue weighted by Crippen LogP contribution is -2.55. The van der Waals surface area contributed by atoms with Gasteiger partial charge >= 0.3 is 0 Å². The fraction of sp³-hybridized carbons (Fsp3) is 0.773. The molecule has 2 fully saturated rings. The van der Waals surface area contributed by atoms with Crippen molar-refractivity contribution in [2.45, 2.75) is 72.6 Å². The van der Waals surface area contributed by atoms with Gasteiger partial charge in [-0.3, -0.25) is 14.7 Å². The highest BCUT2D eigenvalue weighted by Gasteiger charge is 2.42. The van der Waals surface area contributed by atoms with Crippen LogP contribution in [0.25, 0.3) is 0 Å². The Hall–Kier alpha value is -1.85. The van der Waals surface area contributed by atoms with E-state index in [1.54, 1.807) is 0 Å². The van der Waals surface area contributed by atoms with E-state index in [0.717, 1.165) is 68.8 Å². The van der Waals surface area contributed by atoms with Gasteiger partial charge in [-0.05, 0) is 51.0 Å². The molecule has 0 aromatic carbocycles. The number of likely N-dealkylation sites (tertiary alicyclic amines) is 2. The number of aryl methyl sites for hydroxylation is 2. The minimum absolute atomic E-state index is 0.0949. The zero-order valence-electron chi connectivity index (χ0n) is 18.0. The van der Waals surface area contributed by atoms with Crippen LogP contribution >= 0.6 is 0 Å². The zero-order valence-corrected chi connectivity index (χ0v) is 18.0. The van der Waals surface area contributed by atoms with E-state index < -0.39 is 0 Å². The van der Waals surface area contributed by atoms with Crippen LogP contribution in [0.1, 0.15) is 69.3 Å². The van der Waals surface area contributed by atoms with E-state index in [4.69, 9.17) is 0 Å². The molecular weight excluding hydrogens is 352 g/mol. The molecule has 2 aliphatic rings. The summed E-state index contributed by atoms with van der Waals surface area (Å²) in [7, 11) is 0. The molecule has 3 rings (SSSR count). The van der Waals surface area contributed by atoms with E-state index in [1.165, 1.54) is 0 Å². The van der Waals surface area contributed by atoms with Crippen LogP contribution < -0.4 is 0 Å². The van der Waals surface area contributed by atoms with Crippen LogP contribution in [0, 0.1) is 25.2 Å². The Labute approximate surface area is 169 Å². The normalized spacial score (nSPS) is 23.1. The standard InChI is InChI=1S/C22H36N4O2/c1-16(2)9-13-26-15-22(11-8-21(26)28)10-5-12-25(14-22)20(27)7-6-19-17(3)18(4)23-24-19/h16H,5-15H2,1-4H3,(H,23,24)/t22-/m0/s1. The van der Waals surface area contributed by atoms with Gasteiger partial charge in [-0.25, -0.2) is 0 Å². The van der Waals surface area contributed by atoms with Crippen LogP contribution in [0.4, 0.5) is 0 Å². The van der Waals surface area contributed by atoms with E-state index in [0.29, 0.717) is 31.1 Å². The fourth-order valence-electron chi connectivity index (χ4n) is 4.64. The van der Waals surface area contributed by atoms with E-state index in [2.05, 4.69) is 40.8 Å². The third-order valence-electron chi connectivity index (χ3n) is 6.67. The summed E-state index contributed by atoms with van der Waals surface area (Å²) in [5.41, 5.74) is 3.33. The molecule has 2 amide bonds. The SMILES string of the molecule is Cc1[nH]nc(CCC(=O)N2CCC[C@]3(CCC(=O)N(CCC(C)C)C3)C2)c1C. The molecular formula is C22H36N4O2. The molecule has 156 valence electrons. The molecule has 28 heavy (non-hydrogen) atoms. The molecule has 0 radical (unpaired) electrons. The number of aromatic amines is 1. The van der Waals surface area contributed by atoms with Crippen molar-refractivity contribution in [3.8, 4) is 0 Å². The van der Waals surface area contributed by atoms with E-state index in [1.807, 2.05) is 6.92 Å². The monoisotopic (exact) mass is 388 g/mol. The largest absolute Gasteiger partial charge is 0.342 e. The summed E-state index contributed by atoms with van der Waals surface area (Å²) in [6.07, 6.45) is 5.97. The first-order valence-corrected chi connectivity index (χ1v) is 10.9. The van der Waals surface area contributed by atoms with Gasteiger partial charge in [0.2, 0.25) is 11.8 Å². The second kappa shape index (κ2) is 8.66. The Kier molecular flexibility index (Phi) is 6.46. The van der Waals surface area contributed by atoms with Gasteiger partial charge in [0.1, 0.15) is 0 Å². The van der Waals surface area contributed by atoms with Crippen LogP contribution in [0.3, 0.4) is 0 Å². The maximum atomic E-state index is 12.9. The van der Waals surface area contributed by atoms with Crippen molar-refractivity contribution in [3.63, 3.8) is 0 Å². The van der Waals surface area contributed by atoms with Gasteiger partial charge in [0.15, 0.2) is 0 Å². The smallest absolute Gasteiger partial charge is 0.222 e. The van der Waals surface area contributed by atoms with E-state index in [-0.39, 0.29) is 11.3 Å². The third-order valence-corrected chi connectivity index (χ3v) is 6.67. The number of nitrogens with zero attached hydrogens (tertiary/aromatic N) is 3. The molecule has 6 nitrogen and oxygen atoms in total. The number of aromatic nitrogens is 2. The quantitative estimate of drug-likeness (QED) is 0.813. The molecule has 0 bridgehead atoms. The molecule has 2 aliphatic heterocycles. The number of hydrogen-bond donors (Lipinski definition) is 1. The van der Waals surface area contributed by atoms with Gasteiger partial charge in [-0.1, -0.05) is 13.8 Å². The summed E-state index contributed by atoms with van der Waals surface area (Å²) < 4.78 is 0. The Morgan fingerprint density at radius 1 is 1.25 bits per heavy atom. The Morgan fingerprint density at radius 2 is 2.04 bits per heavy atom. The number of piperidine rings is 2. The number of rotatable bonds is 6. The van der Waals surface area contributed by atoms with Crippen molar-refractivity contribution in [1.82, 2.24) is 20.0 Å². The van der Waals surface area contributed by atoms with Crippen molar-refractivity contribution in [1.29, 1.82) is 0 Å². The maximum absolute atomic E-state index is 12.9. The molecule has 0 aliphatic carbocycles. The molecule has 6 heteroatoms. The number of amides is 2. The summed E-state index contributed by atoms with van der Waals surface area (Å²) in [5.74, 6) is 1.12. The van der Waals surface area contributed by atoms with Crippen LogP contribution in [0.5, 0.6) is 0 Å². The second-order valence-electron chi connectivity index (χ2n) is 9.34. The molecule has 2 saturated heterocycles. The lowest BCUT2D eigenvalue weighted by atomic mass is 9.73. The first-order chi connectivity index (χ1) is 13.3. The lowest BCUT2D eigenvalue weighted by molar-refractivity contribution is -0.143. The van der Waals surface area contributed by atoms with E-state index >= 15 is 0 Å². The first kappa shape index (κ1) is 20.9. The minimum atomic E-state index is 0.0949. The average molecular weight is 389 g/mol. The van der Waals surface area contributed by atoms with Gasteiger partial charge in [-0.2, -0.15) is 5.10 Å². The highest BCUT2D eigenvalue weighted by Crippen LogP contribution is 2.39.